The highest BCUT2D eigenvalue weighted by molar-refractivity contribution is 5.37. The van der Waals surface area contributed by atoms with Crippen LogP contribution in [0.3, 0.4) is 0 Å². The standard InChI is InChI=1S/C16H18N2/c1-17-15(13-6-5-11-18-12-13)16(9-10-16)14-7-3-2-4-8-14/h2-8,11-12,15,17H,9-10H2,1H3. The Morgan fingerprint density at radius 2 is 1.89 bits per heavy atom. The molecule has 1 aromatic heterocycles. The summed E-state index contributed by atoms with van der Waals surface area (Å²) in [6, 6.07) is 15.4. The van der Waals surface area contributed by atoms with Gasteiger partial charge in [0.25, 0.3) is 0 Å². The van der Waals surface area contributed by atoms with Crippen molar-refractivity contribution in [3.8, 4) is 0 Å². The van der Waals surface area contributed by atoms with Gasteiger partial charge >= 0.3 is 0 Å². The van der Waals surface area contributed by atoms with Gasteiger partial charge in [0, 0.05) is 23.9 Å². The molecule has 0 aliphatic heterocycles. The lowest BCUT2D eigenvalue weighted by Gasteiger charge is -2.27. The zero-order valence-corrected chi connectivity index (χ0v) is 10.6. The predicted octanol–water partition coefficient (Wildman–Crippen LogP) is 3.07. The number of pyridine rings is 1. The van der Waals surface area contributed by atoms with Crippen molar-refractivity contribution < 1.29 is 0 Å². The lowest BCUT2D eigenvalue weighted by molar-refractivity contribution is 0.462. The second kappa shape index (κ2) is 4.54. The highest BCUT2D eigenvalue weighted by Crippen LogP contribution is 2.56. The average Bonchev–Trinajstić information content (AvgIpc) is 3.24. The van der Waals surface area contributed by atoms with Crippen molar-refractivity contribution in [3.63, 3.8) is 0 Å². The number of aromatic nitrogens is 1. The Balaban J connectivity index is 1.98. The molecule has 1 unspecified atom stereocenters. The first-order valence-corrected chi connectivity index (χ1v) is 6.49. The van der Waals surface area contributed by atoms with E-state index in [4.69, 9.17) is 0 Å². The van der Waals surface area contributed by atoms with Crippen LogP contribution in [0.5, 0.6) is 0 Å². The highest BCUT2D eigenvalue weighted by Gasteiger charge is 2.50. The second-order valence-electron chi connectivity index (χ2n) is 5.03. The maximum Gasteiger partial charge on any atom is 0.0431 e. The molecule has 1 aromatic carbocycles. The lowest BCUT2D eigenvalue weighted by atomic mass is 9.84. The van der Waals surface area contributed by atoms with Gasteiger partial charge in [-0.15, -0.1) is 0 Å². The van der Waals surface area contributed by atoms with Crippen molar-refractivity contribution in [1.82, 2.24) is 10.3 Å². The SMILES string of the molecule is CNC(c1cccnc1)C1(c2ccccc2)CC1. The summed E-state index contributed by atoms with van der Waals surface area (Å²) in [5.74, 6) is 0. The third-order valence-corrected chi connectivity index (χ3v) is 4.00. The number of nitrogens with one attached hydrogen (secondary N) is 1. The molecule has 0 radical (unpaired) electrons. The fraction of sp³-hybridized carbons (Fsp3) is 0.312. The Labute approximate surface area is 108 Å². The molecule has 92 valence electrons. The Kier molecular flexibility index (Phi) is 2.88. The zero-order chi connectivity index (χ0) is 12.4. The van der Waals surface area contributed by atoms with Crippen LogP contribution in [0, 0.1) is 0 Å². The number of rotatable bonds is 4. The summed E-state index contributed by atoms with van der Waals surface area (Å²) in [7, 11) is 2.04. The first-order valence-electron chi connectivity index (χ1n) is 6.49. The van der Waals surface area contributed by atoms with Crippen LogP contribution >= 0.6 is 0 Å². The topological polar surface area (TPSA) is 24.9 Å². The molecule has 1 heterocycles. The first kappa shape index (κ1) is 11.4. The molecule has 2 heteroatoms. The van der Waals surface area contributed by atoms with Gasteiger partial charge in [-0.05, 0) is 37.1 Å². The van der Waals surface area contributed by atoms with E-state index < -0.39 is 0 Å². The summed E-state index contributed by atoms with van der Waals surface area (Å²) < 4.78 is 0. The van der Waals surface area contributed by atoms with Crippen LogP contribution in [0.4, 0.5) is 0 Å². The maximum absolute atomic E-state index is 4.25. The van der Waals surface area contributed by atoms with E-state index in [1.54, 1.807) is 0 Å². The fourth-order valence-corrected chi connectivity index (χ4v) is 2.96. The Morgan fingerprint density at radius 1 is 1.11 bits per heavy atom. The van der Waals surface area contributed by atoms with Crippen LogP contribution in [0.2, 0.25) is 0 Å². The predicted molar refractivity (Wildman–Crippen MR) is 73.4 cm³/mol. The smallest absolute Gasteiger partial charge is 0.0431 e. The average molecular weight is 238 g/mol. The van der Waals surface area contributed by atoms with Crippen molar-refractivity contribution in [1.29, 1.82) is 0 Å². The molecule has 0 spiro atoms. The molecule has 2 nitrogen and oxygen atoms in total. The number of hydrogen-bond donors (Lipinski definition) is 1. The van der Waals surface area contributed by atoms with E-state index in [0.29, 0.717) is 6.04 Å². The van der Waals surface area contributed by atoms with Gasteiger partial charge in [-0.1, -0.05) is 36.4 Å². The molecule has 1 aliphatic rings. The number of likely N-dealkylation sites (N-methyl/N-ethyl adjacent to an activating group) is 1. The van der Waals surface area contributed by atoms with Crippen molar-refractivity contribution in [2.24, 2.45) is 0 Å². The quantitative estimate of drug-likeness (QED) is 0.885. The highest BCUT2D eigenvalue weighted by atomic mass is 14.9. The molecule has 0 saturated heterocycles. The number of hydrogen-bond acceptors (Lipinski definition) is 2. The normalized spacial score (nSPS) is 18.3. The zero-order valence-electron chi connectivity index (χ0n) is 10.6. The van der Waals surface area contributed by atoms with Crippen molar-refractivity contribution in [2.45, 2.75) is 24.3 Å². The number of benzene rings is 1. The summed E-state index contributed by atoms with van der Waals surface area (Å²) in [5.41, 5.74) is 2.98. The van der Waals surface area contributed by atoms with Gasteiger partial charge in [-0.3, -0.25) is 4.98 Å². The van der Waals surface area contributed by atoms with Gasteiger partial charge in [-0.25, -0.2) is 0 Å². The molecule has 18 heavy (non-hydrogen) atoms. The molecule has 2 aromatic rings. The van der Waals surface area contributed by atoms with Crippen molar-refractivity contribution in [3.05, 3.63) is 66.0 Å². The van der Waals surface area contributed by atoms with Crippen molar-refractivity contribution in [2.75, 3.05) is 7.05 Å². The molecular weight excluding hydrogens is 220 g/mol. The van der Waals surface area contributed by atoms with E-state index in [-0.39, 0.29) is 5.41 Å². The second-order valence-corrected chi connectivity index (χ2v) is 5.03. The first-order chi connectivity index (χ1) is 8.87. The Hall–Kier alpha value is -1.67. The lowest BCUT2D eigenvalue weighted by Crippen LogP contribution is -2.29. The van der Waals surface area contributed by atoms with E-state index >= 15 is 0 Å². The van der Waals surface area contributed by atoms with Gasteiger partial charge in [0.2, 0.25) is 0 Å². The summed E-state index contributed by atoms with van der Waals surface area (Å²) in [6.45, 7) is 0. The third kappa shape index (κ3) is 1.83. The monoisotopic (exact) mass is 238 g/mol. The van der Waals surface area contributed by atoms with Crippen LogP contribution in [0.25, 0.3) is 0 Å². The fourth-order valence-electron chi connectivity index (χ4n) is 2.96. The van der Waals surface area contributed by atoms with Crippen LogP contribution < -0.4 is 5.32 Å². The van der Waals surface area contributed by atoms with E-state index in [2.05, 4.69) is 46.7 Å². The minimum absolute atomic E-state index is 0.263. The minimum atomic E-state index is 0.263. The molecule has 3 rings (SSSR count). The van der Waals surface area contributed by atoms with E-state index in [0.717, 1.165) is 0 Å². The molecule has 0 bridgehead atoms. The van der Waals surface area contributed by atoms with Gasteiger partial charge in [-0.2, -0.15) is 0 Å². The molecule has 1 saturated carbocycles. The summed E-state index contributed by atoms with van der Waals surface area (Å²) in [5, 5.41) is 3.48. The summed E-state index contributed by atoms with van der Waals surface area (Å²) in [6.07, 6.45) is 6.30. The van der Waals surface area contributed by atoms with E-state index in [9.17, 15) is 0 Å². The van der Waals surface area contributed by atoms with Crippen molar-refractivity contribution >= 4 is 0 Å². The van der Waals surface area contributed by atoms with Gasteiger partial charge in [0.15, 0.2) is 0 Å². The van der Waals surface area contributed by atoms with E-state index in [1.165, 1.54) is 24.0 Å². The molecule has 1 atom stereocenters. The molecule has 1 N–H and O–H groups in total. The summed E-state index contributed by atoms with van der Waals surface area (Å²) >= 11 is 0. The van der Waals surface area contributed by atoms with Crippen LogP contribution in [-0.4, -0.2) is 12.0 Å². The largest absolute Gasteiger partial charge is 0.312 e. The van der Waals surface area contributed by atoms with E-state index in [1.807, 2.05) is 25.5 Å². The van der Waals surface area contributed by atoms with Gasteiger partial charge in [0.1, 0.15) is 0 Å². The third-order valence-electron chi connectivity index (χ3n) is 4.00. The minimum Gasteiger partial charge on any atom is -0.312 e. The number of nitrogens with zero attached hydrogens (tertiary/aromatic N) is 1. The van der Waals surface area contributed by atoms with Crippen LogP contribution in [0.15, 0.2) is 54.9 Å². The molecular formula is C16H18N2. The van der Waals surface area contributed by atoms with Gasteiger partial charge < -0.3 is 5.32 Å². The Bertz CT molecular complexity index is 503. The maximum atomic E-state index is 4.25. The van der Waals surface area contributed by atoms with Gasteiger partial charge in [0.05, 0.1) is 0 Å². The Morgan fingerprint density at radius 3 is 2.44 bits per heavy atom. The molecule has 0 amide bonds. The van der Waals surface area contributed by atoms with Crippen LogP contribution in [-0.2, 0) is 5.41 Å². The summed E-state index contributed by atoms with van der Waals surface area (Å²) in [4.78, 5) is 4.25. The van der Waals surface area contributed by atoms with Crippen LogP contribution in [0.1, 0.15) is 30.0 Å². The molecule has 1 fully saturated rings. The molecule has 1 aliphatic carbocycles.